The molecule has 0 aromatic heterocycles. The van der Waals surface area contributed by atoms with Gasteiger partial charge < -0.3 is 0 Å². The van der Waals surface area contributed by atoms with Gasteiger partial charge in [0, 0.05) is 5.56 Å². The predicted octanol–water partition coefficient (Wildman–Crippen LogP) is 1.25. The zero-order chi connectivity index (χ0) is 9.26. The van der Waals surface area contributed by atoms with Crippen LogP contribution in [-0.2, 0) is 11.3 Å². The molecule has 13 heavy (non-hydrogen) atoms. The molecule has 0 unspecified atom stereocenters. The molecule has 3 heteroatoms. The molecule has 1 aliphatic heterocycles. The molecule has 1 aromatic carbocycles. The van der Waals surface area contributed by atoms with E-state index in [-0.39, 0.29) is 5.91 Å². The predicted molar refractivity (Wildman–Crippen MR) is 48.2 cm³/mol. The van der Waals surface area contributed by atoms with Gasteiger partial charge in [0.2, 0.25) is 0 Å². The second-order valence-corrected chi connectivity index (χ2v) is 3.00. The van der Waals surface area contributed by atoms with Crippen LogP contribution in [0.2, 0.25) is 0 Å². The Kier molecular flexibility index (Phi) is 2.02. The van der Waals surface area contributed by atoms with Crippen LogP contribution in [0, 0.1) is 0 Å². The topological polar surface area (TPSA) is 29.5 Å². The first-order valence-electron chi connectivity index (χ1n) is 4.27. The maximum absolute atomic E-state index is 11.6. The number of fused-ring (bicyclic) bond motifs is 1. The summed E-state index contributed by atoms with van der Waals surface area (Å²) in [5.41, 5.74) is 1.87. The van der Waals surface area contributed by atoms with Crippen molar-refractivity contribution in [3.63, 3.8) is 0 Å². The summed E-state index contributed by atoms with van der Waals surface area (Å²) < 4.78 is 0. The molecule has 0 fully saturated rings. The number of hydrogen-bond donors (Lipinski definition) is 0. The van der Waals surface area contributed by atoms with E-state index in [9.17, 15) is 4.79 Å². The van der Waals surface area contributed by atoms with Crippen LogP contribution in [0.25, 0.3) is 0 Å². The fourth-order valence-electron chi connectivity index (χ4n) is 1.58. The highest BCUT2D eigenvalue weighted by Crippen LogP contribution is 2.17. The Morgan fingerprint density at radius 2 is 2.15 bits per heavy atom. The molecule has 0 aliphatic carbocycles. The van der Waals surface area contributed by atoms with Gasteiger partial charge in [-0.05, 0) is 18.1 Å². The van der Waals surface area contributed by atoms with E-state index in [4.69, 9.17) is 4.84 Å². The van der Waals surface area contributed by atoms with Crippen LogP contribution < -0.4 is 0 Å². The quantitative estimate of drug-likeness (QED) is 0.646. The maximum atomic E-state index is 11.6. The molecular formula is C10H11NO2. The van der Waals surface area contributed by atoms with Crippen molar-refractivity contribution < 1.29 is 9.63 Å². The lowest BCUT2D eigenvalue weighted by molar-refractivity contribution is -0.0967. The van der Waals surface area contributed by atoms with Crippen molar-refractivity contribution in [2.45, 2.75) is 6.42 Å². The second-order valence-electron chi connectivity index (χ2n) is 3.00. The van der Waals surface area contributed by atoms with E-state index in [0.29, 0.717) is 6.54 Å². The third-order valence-electron chi connectivity index (χ3n) is 2.28. The van der Waals surface area contributed by atoms with E-state index >= 15 is 0 Å². The van der Waals surface area contributed by atoms with Crippen LogP contribution in [0.3, 0.4) is 0 Å². The van der Waals surface area contributed by atoms with Gasteiger partial charge in [-0.3, -0.25) is 9.63 Å². The van der Waals surface area contributed by atoms with Crippen LogP contribution in [0.5, 0.6) is 0 Å². The molecule has 1 amide bonds. The summed E-state index contributed by atoms with van der Waals surface area (Å²) in [6.45, 7) is 0.645. The third-order valence-corrected chi connectivity index (χ3v) is 2.28. The molecule has 0 radical (unpaired) electrons. The Balaban J connectivity index is 2.39. The molecule has 1 aromatic rings. The van der Waals surface area contributed by atoms with E-state index in [2.05, 4.69) is 0 Å². The van der Waals surface area contributed by atoms with Gasteiger partial charge in [-0.25, -0.2) is 5.06 Å². The maximum Gasteiger partial charge on any atom is 0.277 e. The van der Waals surface area contributed by atoms with E-state index in [1.54, 1.807) is 0 Å². The van der Waals surface area contributed by atoms with Crippen molar-refractivity contribution >= 4 is 5.91 Å². The minimum absolute atomic E-state index is 0.0376. The van der Waals surface area contributed by atoms with Gasteiger partial charge in [-0.15, -0.1) is 0 Å². The fraction of sp³-hybridized carbons (Fsp3) is 0.300. The number of carbonyl (C=O) groups excluding carboxylic acids is 1. The van der Waals surface area contributed by atoms with Crippen LogP contribution in [-0.4, -0.2) is 24.6 Å². The van der Waals surface area contributed by atoms with Crippen LogP contribution in [0.1, 0.15) is 15.9 Å². The summed E-state index contributed by atoms with van der Waals surface area (Å²) in [6.07, 6.45) is 0.871. The van der Waals surface area contributed by atoms with Gasteiger partial charge in [0.05, 0.1) is 13.7 Å². The Hall–Kier alpha value is -1.35. The summed E-state index contributed by atoms with van der Waals surface area (Å²) in [5, 5.41) is 1.39. The Morgan fingerprint density at radius 3 is 2.92 bits per heavy atom. The number of hydroxylamine groups is 2. The van der Waals surface area contributed by atoms with Gasteiger partial charge in [0.15, 0.2) is 0 Å². The molecule has 0 saturated heterocycles. The van der Waals surface area contributed by atoms with Crippen molar-refractivity contribution in [3.8, 4) is 0 Å². The lowest BCUT2D eigenvalue weighted by atomic mass is 10.0. The van der Waals surface area contributed by atoms with Gasteiger partial charge in [0.25, 0.3) is 5.91 Å². The third kappa shape index (κ3) is 1.31. The zero-order valence-corrected chi connectivity index (χ0v) is 7.49. The second kappa shape index (κ2) is 3.18. The molecule has 0 bridgehead atoms. The van der Waals surface area contributed by atoms with E-state index in [1.165, 1.54) is 12.2 Å². The molecule has 0 spiro atoms. The number of rotatable bonds is 1. The SMILES string of the molecule is CON1CCc2ccccc2C1=O. The van der Waals surface area contributed by atoms with Crippen LogP contribution in [0.15, 0.2) is 24.3 Å². The average molecular weight is 177 g/mol. The monoisotopic (exact) mass is 177 g/mol. The Morgan fingerprint density at radius 1 is 1.38 bits per heavy atom. The van der Waals surface area contributed by atoms with Crippen LogP contribution >= 0.6 is 0 Å². The summed E-state index contributed by atoms with van der Waals surface area (Å²) >= 11 is 0. The Bertz CT molecular complexity index is 335. The number of benzene rings is 1. The number of carbonyl (C=O) groups is 1. The van der Waals surface area contributed by atoms with Gasteiger partial charge in [-0.2, -0.15) is 0 Å². The number of amides is 1. The highest BCUT2D eigenvalue weighted by atomic mass is 16.7. The number of nitrogens with zero attached hydrogens (tertiary/aromatic N) is 1. The van der Waals surface area contributed by atoms with Crippen molar-refractivity contribution in [3.05, 3.63) is 35.4 Å². The summed E-state index contributed by atoms with van der Waals surface area (Å²) in [5.74, 6) is -0.0376. The molecule has 1 aliphatic rings. The summed E-state index contributed by atoms with van der Waals surface area (Å²) in [4.78, 5) is 16.6. The molecule has 3 nitrogen and oxygen atoms in total. The van der Waals surface area contributed by atoms with Crippen molar-refractivity contribution in [2.75, 3.05) is 13.7 Å². The normalized spacial score (nSPS) is 15.8. The lowest BCUT2D eigenvalue weighted by Crippen LogP contribution is -2.36. The van der Waals surface area contributed by atoms with Crippen molar-refractivity contribution in [1.29, 1.82) is 0 Å². The van der Waals surface area contributed by atoms with E-state index in [0.717, 1.165) is 17.5 Å². The molecule has 1 heterocycles. The highest BCUT2D eigenvalue weighted by molar-refractivity contribution is 5.95. The first kappa shape index (κ1) is 8.26. The highest BCUT2D eigenvalue weighted by Gasteiger charge is 2.23. The smallest absolute Gasteiger partial charge is 0.274 e. The standard InChI is InChI=1S/C10H11NO2/c1-13-11-7-6-8-4-2-3-5-9(8)10(11)12/h2-5H,6-7H2,1H3. The first-order chi connectivity index (χ1) is 6.33. The summed E-state index contributed by atoms with van der Waals surface area (Å²) in [7, 11) is 1.52. The minimum atomic E-state index is -0.0376. The molecule has 2 rings (SSSR count). The lowest BCUT2D eigenvalue weighted by Gasteiger charge is -2.25. The van der Waals surface area contributed by atoms with Gasteiger partial charge >= 0.3 is 0 Å². The van der Waals surface area contributed by atoms with Crippen LogP contribution in [0.4, 0.5) is 0 Å². The fourth-order valence-corrected chi connectivity index (χ4v) is 1.58. The van der Waals surface area contributed by atoms with Gasteiger partial charge in [-0.1, -0.05) is 18.2 Å². The Labute approximate surface area is 76.9 Å². The molecule has 0 atom stereocenters. The molecular weight excluding hydrogens is 166 g/mol. The van der Waals surface area contributed by atoms with Crippen molar-refractivity contribution in [1.82, 2.24) is 5.06 Å². The van der Waals surface area contributed by atoms with Gasteiger partial charge in [0.1, 0.15) is 0 Å². The van der Waals surface area contributed by atoms with E-state index < -0.39 is 0 Å². The van der Waals surface area contributed by atoms with E-state index in [1.807, 2.05) is 24.3 Å². The minimum Gasteiger partial charge on any atom is -0.274 e. The molecule has 0 N–H and O–H groups in total. The zero-order valence-electron chi connectivity index (χ0n) is 7.49. The van der Waals surface area contributed by atoms with Crippen molar-refractivity contribution in [2.24, 2.45) is 0 Å². The molecule has 0 saturated carbocycles. The molecule has 68 valence electrons. The summed E-state index contributed by atoms with van der Waals surface area (Å²) in [6, 6.07) is 7.65. The largest absolute Gasteiger partial charge is 0.277 e. The average Bonchev–Trinajstić information content (AvgIpc) is 2.19. The number of hydrogen-bond acceptors (Lipinski definition) is 2. The first-order valence-corrected chi connectivity index (χ1v) is 4.27.